The fraction of sp³-hybridized carbons (Fsp3) is 0.125. The van der Waals surface area contributed by atoms with Gasteiger partial charge < -0.3 is 4.42 Å². The van der Waals surface area contributed by atoms with Crippen LogP contribution in [0.15, 0.2) is 55.4 Å². The van der Waals surface area contributed by atoms with Gasteiger partial charge in [-0.2, -0.15) is 0 Å². The maximum absolute atomic E-state index is 13.8. The molecule has 118 valence electrons. The lowest BCUT2D eigenvalue weighted by Gasteiger charge is -2.12. The second kappa shape index (κ2) is 6.72. The molecule has 7 heteroatoms. The van der Waals surface area contributed by atoms with Gasteiger partial charge in [0.1, 0.15) is 17.3 Å². The van der Waals surface area contributed by atoms with E-state index in [2.05, 4.69) is 20.9 Å². The number of amides is 1. The molecular weight excluding hydrogens is 383 g/mol. The molecule has 1 amide bonds. The number of carbonyl (C=O) groups is 1. The Kier molecular flexibility index (Phi) is 4.68. The molecule has 0 N–H and O–H groups in total. The summed E-state index contributed by atoms with van der Waals surface area (Å²) in [6, 6.07) is 9.73. The Labute approximate surface area is 145 Å². The quantitative estimate of drug-likeness (QED) is 0.701. The van der Waals surface area contributed by atoms with E-state index >= 15 is 0 Å². The zero-order valence-electron chi connectivity index (χ0n) is 12.1. The Morgan fingerprint density at radius 1 is 1.35 bits per heavy atom. The van der Waals surface area contributed by atoms with Crippen molar-refractivity contribution in [2.75, 3.05) is 6.54 Å². The molecule has 4 nitrogen and oxygen atoms in total. The molecule has 0 radical (unpaired) electrons. The van der Waals surface area contributed by atoms with Gasteiger partial charge in [-0.15, -0.1) is 0 Å². The fourth-order valence-electron chi connectivity index (χ4n) is 2.05. The minimum absolute atomic E-state index is 0.167. The predicted molar refractivity (Wildman–Crippen MR) is 92.9 cm³/mol. The molecule has 23 heavy (non-hydrogen) atoms. The first-order chi connectivity index (χ1) is 11.1. The summed E-state index contributed by atoms with van der Waals surface area (Å²) in [6.07, 6.45) is 1.66. The first kappa shape index (κ1) is 16.0. The highest BCUT2D eigenvalue weighted by Gasteiger charge is 2.32. The van der Waals surface area contributed by atoms with Crippen molar-refractivity contribution in [3.63, 3.8) is 0 Å². The Hall–Kier alpha value is -1.86. The van der Waals surface area contributed by atoms with Crippen LogP contribution in [0.1, 0.15) is 12.7 Å². The van der Waals surface area contributed by atoms with Gasteiger partial charge in [-0.3, -0.25) is 9.69 Å². The van der Waals surface area contributed by atoms with Crippen molar-refractivity contribution < 1.29 is 13.6 Å². The van der Waals surface area contributed by atoms with E-state index in [1.54, 1.807) is 36.4 Å². The molecule has 0 bridgehead atoms. The normalized spacial score (nSPS) is 18.4. The number of hydrogen-bond acceptors (Lipinski definition) is 4. The second-order valence-electron chi connectivity index (χ2n) is 4.65. The van der Waals surface area contributed by atoms with E-state index in [0.29, 0.717) is 27.0 Å². The number of para-hydroxylation sites is 1. The maximum atomic E-state index is 13.8. The van der Waals surface area contributed by atoms with Crippen LogP contribution in [0.5, 0.6) is 0 Å². The zero-order chi connectivity index (χ0) is 16.4. The molecule has 1 saturated heterocycles. The van der Waals surface area contributed by atoms with Gasteiger partial charge in [0.2, 0.25) is 0 Å². The van der Waals surface area contributed by atoms with E-state index in [1.165, 1.54) is 22.7 Å². The van der Waals surface area contributed by atoms with Gasteiger partial charge in [0.15, 0.2) is 9.84 Å². The molecule has 0 spiro atoms. The third-order valence-electron chi connectivity index (χ3n) is 3.14. The van der Waals surface area contributed by atoms with E-state index in [1.807, 2.05) is 6.92 Å². The number of aliphatic imine (C=N–C) groups is 1. The SMILES string of the molecule is CCN1C(=O)/C(=C\c2ccc(Br)o2)SC1=Nc1ccccc1F. The molecule has 2 heterocycles. The molecule has 2 aromatic rings. The third-order valence-corrected chi connectivity index (χ3v) is 4.57. The summed E-state index contributed by atoms with van der Waals surface area (Å²) in [5, 5.41) is 0.458. The highest BCUT2D eigenvalue weighted by molar-refractivity contribution is 9.10. The van der Waals surface area contributed by atoms with E-state index in [9.17, 15) is 9.18 Å². The summed E-state index contributed by atoms with van der Waals surface area (Å²) in [4.78, 5) is 18.7. The second-order valence-corrected chi connectivity index (χ2v) is 6.44. The van der Waals surface area contributed by atoms with Crippen LogP contribution in [0, 0.1) is 5.82 Å². The number of furan rings is 1. The fourth-order valence-corrected chi connectivity index (χ4v) is 3.41. The van der Waals surface area contributed by atoms with Crippen molar-refractivity contribution in [1.29, 1.82) is 0 Å². The average Bonchev–Trinajstić information content (AvgIpc) is 3.06. The van der Waals surface area contributed by atoms with Crippen LogP contribution in [0.25, 0.3) is 6.08 Å². The summed E-state index contributed by atoms with van der Waals surface area (Å²) in [6.45, 7) is 2.31. The van der Waals surface area contributed by atoms with Crippen molar-refractivity contribution in [2.24, 2.45) is 4.99 Å². The monoisotopic (exact) mass is 394 g/mol. The van der Waals surface area contributed by atoms with Crippen LogP contribution >= 0.6 is 27.7 Å². The summed E-state index contributed by atoms with van der Waals surface area (Å²) >= 11 is 4.43. The van der Waals surface area contributed by atoms with E-state index < -0.39 is 5.82 Å². The van der Waals surface area contributed by atoms with E-state index in [-0.39, 0.29) is 11.6 Å². The van der Waals surface area contributed by atoms with Crippen molar-refractivity contribution in [2.45, 2.75) is 6.92 Å². The zero-order valence-corrected chi connectivity index (χ0v) is 14.5. The molecule has 3 rings (SSSR count). The van der Waals surface area contributed by atoms with Crippen LogP contribution in [0.3, 0.4) is 0 Å². The van der Waals surface area contributed by atoms with Gasteiger partial charge in [0.25, 0.3) is 5.91 Å². The van der Waals surface area contributed by atoms with Crippen LogP contribution in [0.4, 0.5) is 10.1 Å². The molecule has 0 aliphatic carbocycles. The van der Waals surface area contributed by atoms with Crippen LogP contribution < -0.4 is 0 Å². The first-order valence-electron chi connectivity index (χ1n) is 6.88. The molecule has 0 atom stereocenters. The largest absolute Gasteiger partial charge is 0.450 e. The molecule has 1 aliphatic heterocycles. The Balaban J connectivity index is 1.95. The first-order valence-corrected chi connectivity index (χ1v) is 8.49. The van der Waals surface area contributed by atoms with Crippen LogP contribution in [0.2, 0.25) is 0 Å². The van der Waals surface area contributed by atoms with Crippen molar-refractivity contribution >= 4 is 50.5 Å². The average molecular weight is 395 g/mol. The number of thioether (sulfide) groups is 1. The van der Waals surface area contributed by atoms with Gasteiger partial charge in [-0.05, 0) is 58.9 Å². The lowest BCUT2D eigenvalue weighted by atomic mass is 10.3. The predicted octanol–water partition coefficient (Wildman–Crippen LogP) is 4.81. The van der Waals surface area contributed by atoms with Gasteiger partial charge >= 0.3 is 0 Å². The minimum atomic E-state index is -0.420. The van der Waals surface area contributed by atoms with E-state index in [4.69, 9.17) is 4.42 Å². The molecule has 0 saturated carbocycles. The molecular formula is C16H12BrFN2O2S. The van der Waals surface area contributed by atoms with E-state index in [0.717, 1.165) is 0 Å². The molecule has 1 aromatic carbocycles. The topological polar surface area (TPSA) is 45.8 Å². The Morgan fingerprint density at radius 3 is 2.78 bits per heavy atom. The Morgan fingerprint density at radius 2 is 2.13 bits per heavy atom. The van der Waals surface area contributed by atoms with Gasteiger partial charge in [-0.25, -0.2) is 9.38 Å². The molecule has 1 aromatic heterocycles. The van der Waals surface area contributed by atoms with Crippen molar-refractivity contribution in [3.8, 4) is 0 Å². The minimum Gasteiger partial charge on any atom is -0.450 e. The number of rotatable bonds is 3. The number of nitrogens with zero attached hydrogens (tertiary/aromatic N) is 2. The smallest absolute Gasteiger partial charge is 0.266 e. The van der Waals surface area contributed by atoms with Crippen LogP contribution in [-0.4, -0.2) is 22.5 Å². The number of benzene rings is 1. The van der Waals surface area contributed by atoms with Gasteiger partial charge in [0.05, 0.1) is 4.91 Å². The summed E-state index contributed by atoms with van der Waals surface area (Å²) in [7, 11) is 0. The number of halogens is 2. The molecule has 1 aliphatic rings. The Bertz CT molecular complexity index is 816. The number of hydrogen-bond donors (Lipinski definition) is 0. The summed E-state index contributed by atoms with van der Waals surface area (Å²) < 4.78 is 19.7. The van der Waals surface area contributed by atoms with Gasteiger partial charge in [-0.1, -0.05) is 12.1 Å². The van der Waals surface area contributed by atoms with Crippen molar-refractivity contribution in [1.82, 2.24) is 4.90 Å². The highest BCUT2D eigenvalue weighted by Crippen LogP contribution is 2.34. The molecule has 0 unspecified atom stereocenters. The number of amidine groups is 1. The summed E-state index contributed by atoms with van der Waals surface area (Å²) in [5.74, 6) is -0.0208. The van der Waals surface area contributed by atoms with Crippen molar-refractivity contribution in [3.05, 3.63) is 57.6 Å². The number of carbonyl (C=O) groups excluding carboxylic acids is 1. The van der Waals surface area contributed by atoms with Gasteiger partial charge in [0, 0.05) is 12.6 Å². The van der Waals surface area contributed by atoms with Crippen LogP contribution in [-0.2, 0) is 4.79 Å². The summed E-state index contributed by atoms with van der Waals surface area (Å²) in [5.41, 5.74) is 0.211. The highest BCUT2D eigenvalue weighted by atomic mass is 79.9. The third kappa shape index (κ3) is 3.40. The number of likely N-dealkylation sites (N-methyl/N-ethyl adjacent to an activating group) is 1. The standard InChI is InChI=1S/C16H12BrFN2O2S/c1-2-20-15(21)13(9-10-7-8-14(17)22-10)23-16(20)19-12-6-4-3-5-11(12)18/h3-9H,2H2,1H3/b13-9+,19-16?. The molecule has 1 fully saturated rings. The lowest BCUT2D eigenvalue weighted by Crippen LogP contribution is -2.28. The lowest BCUT2D eigenvalue weighted by molar-refractivity contribution is -0.122. The maximum Gasteiger partial charge on any atom is 0.266 e.